The van der Waals surface area contributed by atoms with Crippen molar-refractivity contribution in [3.63, 3.8) is 0 Å². The topological polar surface area (TPSA) is 84.3 Å². The highest BCUT2D eigenvalue weighted by Gasteiger charge is 2.46. The first-order valence-corrected chi connectivity index (χ1v) is 6.33. The van der Waals surface area contributed by atoms with Crippen LogP contribution in [0.2, 0.25) is 0 Å². The van der Waals surface area contributed by atoms with E-state index in [1.54, 1.807) is 6.92 Å². The smallest absolute Gasteiger partial charge is 0.313 e. The van der Waals surface area contributed by atoms with E-state index in [2.05, 4.69) is 15.3 Å². The third-order valence-electron chi connectivity index (χ3n) is 3.55. The van der Waals surface area contributed by atoms with Gasteiger partial charge >= 0.3 is 5.97 Å². The minimum absolute atomic E-state index is 0.210. The molecule has 0 bridgehead atoms. The number of anilines is 1. The molecule has 6 heteroatoms. The summed E-state index contributed by atoms with van der Waals surface area (Å²) in [5.74, 6) is 0.0801. The van der Waals surface area contributed by atoms with Crippen LogP contribution in [0.1, 0.15) is 32.4 Å². The summed E-state index contributed by atoms with van der Waals surface area (Å²) in [7, 11) is 0. The van der Waals surface area contributed by atoms with Crippen LogP contribution in [-0.2, 0) is 9.53 Å². The lowest BCUT2D eigenvalue weighted by atomic mass is 9.85. The molecule has 1 aromatic heterocycles. The van der Waals surface area contributed by atoms with Gasteiger partial charge in [-0.3, -0.25) is 4.79 Å². The molecule has 19 heavy (non-hydrogen) atoms. The van der Waals surface area contributed by atoms with Gasteiger partial charge in [0.2, 0.25) is 0 Å². The van der Waals surface area contributed by atoms with E-state index >= 15 is 0 Å². The highest BCUT2D eigenvalue weighted by molar-refractivity contribution is 5.76. The summed E-state index contributed by atoms with van der Waals surface area (Å²) in [6.07, 6.45) is 1.49. The number of carbonyl (C=O) groups is 1. The monoisotopic (exact) mass is 265 g/mol. The molecule has 2 unspecified atom stereocenters. The predicted molar refractivity (Wildman–Crippen MR) is 70.1 cm³/mol. The molecule has 1 aliphatic heterocycles. The van der Waals surface area contributed by atoms with Gasteiger partial charge in [0.25, 0.3) is 0 Å². The number of nitrogens with zero attached hydrogens (tertiary/aromatic N) is 2. The minimum atomic E-state index is -0.928. The van der Waals surface area contributed by atoms with E-state index in [4.69, 9.17) is 4.74 Å². The highest BCUT2D eigenvalue weighted by Crippen LogP contribution is 2.31. The standard InChI is InChI=1S/C13H19N3O3/c1-8(2)9-4-11(15-7-14-9)16-10-5-19-6-13(10,3)12(17)18/h4,7-8,10H,5-6H2,1-3H3,(H,17,18)(H,14,15,16). The second-order valence-electron chi connectivity index (χ2n) is 5.42. The van der Waals surface area contributed by atoms with Crippen LogP contribution in [0.15, 0.2) is 12.4 Å². The maximum absolute atomic E-state index is 11.3. The summed E-state index contributed by atoms with van der Waals surface area (Å²) < 4.78 is 5.30. The molecule has 0 aliphatic carbocycles. The molecule has 2 heterocycles. The maximum atomic E-state index is 11.3. The largest absolute Gasteiger partial charge is 0.481 e. The van der Waals surface area contributed by atoms with Crippen LogP contribution < -0.4 is 5.32 Å². The molecule has 6 nitrogen and oxygen atoms in total. The van der Waals surface area contributed by atoms with Crippen molar-refractivity contribution in [1.82, 2.24) is 9.97 Å². The molecule has 1 aliphatic rings. The maximum Gasteiger partial charge on any atom is 0.313 e. The second-order valence-corrected chi connectivity index (χ2v) is 5.42. The average Bonchev–Trinajstić information content (AvgIpc) is 2.73. The zero-order chi connectivity index (χ0) is 14.0. The Hall–Kier alpha value is -1.69. The van der Waals surface area contributed by atoms with Gasteiger partial charge in [0.05, 0.1) is 19.3 Å². The van der Waals surface area contributed by atoms with E-state index in [0.29, 0.717) is 18.3 Å². The van der Waals surface area contributed by atoms with Crippen LogP contribution in [0.4, 0.5) is 5.82 Å². The van der Waals surface area contributed by atoms with Gasteiger partial charge in [0.1, 0.15) is 17.6 Å². The Morgan fingerprint density at radius 1 is 1.58 bits per heavy atom. The van der Waals surface area contributed by atoms with Gasteiger partial charge < -0.3 is 15.2 Å². The van der Waals surface area contributed by atoms with Crippen molar-refractivity contribution in [2.24, 2.45) is 5.41 Å². The molecule has 1 saturated heterocycles. The van der Waals surface area contributed by atoms with Crippen LogP contribution in [0.3, 0.4) is 0 Å². The summed E-state index contributed by atoms with van der Waals surface area (Å²) in [6.45, 7) is 6.36. The van der Waals surface area contributed by atoms with Gasteiger partial charge in [-0.15, -0.1) is 0 Å². The van der Waals surface area contributed by atoms with E-state index < -0.39 is 11.4 Å². The highest BCUT2D eigenvalue weighted by atomic mass is 16.5. The van der Waals surface area contributed by atoms with E-state index in [0.717, 1.165) is 5.69 Å². The number of nitrogens with one attached hydrogen (secondary N) is 1. The van der Waals surface area contributed by atoms with Gasteiger partial charge in [-0.25, -0.2) is 9.97 Å². The Labute approximate surface area is 112 Å². The Morgan fingerprint density at radius 2 is 2.32 bits per heavy atom. The lowest BCUT2D eigenvalue weighted by molar-refractivity contribution is -0.148. The van der Waals surface area contributed by atoms with Gasteiger partial charge in [-0.1, -0.05) is 13.8 Å². The van der Waals surface area contributed by atoms with E-state index in [-0.39, 0.29) is 12.6 Å². The summed E-state index contributed by atoms with van der Waals surface area (Å²) in [6, 6.07) is 1.56. The minimum Gasteiger partial charge on any atom is -0.481 e. The summed E-state index contributed by atoms with van der Waals surface area (Å²) in [5.41, 5.74) is -0.00315. The fourth-order valence-corrected chi connectivity index (χ4v) is 2.03. The molecule has 0 aromatic carbocycles. The number of rotatable bonds is 4. The third kappa shape index (κ3) is 2.68. The van der Waals surface area contributed by atoms with E-state index in [1.165, 1.54) is 6.33 Å². The number of hydrogen-bond donors (Lipinski definition) is 2. The fourth-order valence-electron chi connectivity index (χ4n) is 2.03. The van der Waals surface area contributed by atoms with E-state index in [1.807, 2.05) is 19.9 Å². The van der Waals surface area contributed by atoms with Crippen molar-refractivity contribution in [3.8, 4) is 0 Å². The van der Waals surface area contributed by atoms with Crippen LogP contribution in [0.25, 0.3) is 0 Å². The molecule has 0 saturated carbocycles. The summed E-state index contributed by atoms with van der Waals surface area (Å²) >= 11 is 0. The SMILES string of the molecule is CC(C)c1cc(NC2COCC2(C)C(=O)O)ncn1. The molecule has 1 aromatic rings. The van der Waals surface area contributed by atoms with Crippen molar-refractivity contribution in [1.29, 1.82) is 0 Å². The average molecular weight is 265 g/mol. The normalized spacial score (nSPS) is 26.6. The van der Waals surface area contributed by atoms with Crippen molar-refractivity contribution < 1.29 is 14.6 Å². The first-order chi connectivity index (χ1) is 8.93. The number of hydrogen-bond acceptors (Lipinski definition) is 5. The third-order valence-corrected chi connectivity index (χ3v) is 3.55. The molecule has 1 fully saturated rings. The van der Waals surface area contributed by atoms with Crippen molar-refractivity contribution >= 4 is 11.8 Å². The van der Waals surface area contributed by atoms with Crippen molar-refractivity contribution in [3.05, 3.63) is 18.1 Å². The Morgan fingerprint density at radius 3 is 2.95 bits per heavy atom. The summed E-state index contributed by atoms with van der Waals surface area (Å²) in [4.78, 5) is 19.7. The van der Waals surface area contributed by atoms with Crippen LogP contribution in [0, 0.1) is 5.41 Å². The molecule has 2 atom stereocenters. The van der Waals surface area contributed by atoms with Crippen LogP contribution in [0.5, 0.6) is 0 Å². The molecular weight excluding hydrogens is 246 g/mol. The quantitative estimate of drug-likeness (QED) is 0.858. The molecule has 2 rings (SSSR count). The Balaban J connectivity index is 2.17. The van der Waals surface area contributed by atoms with Gasteiger partial charge in [-0.2, -0.15) is 0 Å². The van der Waals surface area contributed by atoms with Crippen LogP contribution >= 0.6 is 0 Å². The van der Waals surface area contributed by atoms with Crippen molar-refractivity contribution in [2.75, 3.05) is 18.5 Å². The number of ether oxygens (including phenoxy) is 1. The summed E-state index contributed by atoms with van der Waals surface area (Å²) in [5, 5.41) is 12.5. The Bertz CT molecular complexity index is 478. The first kappa shape index (κ1) is 13.7. The fraction of sp³-hybridized carbons (Fsp3) is 0.615. The second kappa shape index (κ2) is 5.13. The number of carboxylic acid groups (broad SMARTS) is 1. The molecular formula is C13H19N3O3. The molecule has 0 spiro atoms. The first-order valence-electron chi connectivity index (χ1n) is 6.33. The zero-order valence-corrected chi connectivity index (χ0v) is 11.4. The van der Waals surface area contributed by atoms with E-state index in [9.17, 15) is 9.90 Å². The Kier molecular flexibility index (Phi) is 3.71. The number of carboxylic acids is 1. The van der Waals surface area contributed by atoms with Crippen molar-refractivity contribution in [2.45, 2.75) is 32.7 Å². The molecule has 0 radical (unpaired) electrons. The van der Waals surface area contributed by atoms with Gasteiger partial charge in [-0.05, 0) is 12.8 Å². The molecule has 0 amide bonds. The number of aliphatic carboxylic acids is 1. The predicted octanol–water partition coefficient (Wildman–Crippen LogP) is 1.50. The van der Waals surface area contributed by atoms with Gasteiger partial charge in [0, 0.05) is 11.8 Å². The lowest BCUT2D eigenvalue weighted by Gasteiger charge is -2.26. The lowest BCUT2D eigenvalue weighted by Crippen LogP contribution is -2.43. The molecule has 2 N–H and O–H groups in total. The molecule has 104 valence electrons. The van der Waals surface area contributed by atoms with Crippen LogP contribution in [-0.4, -0.2) is 40.3 Å². The zero-order valence-electron chi connectivity index (χ0n) is 11.4. The van der Waals surface area contributed by atoms with Gasteiger partial charge in [0.15, 0.2) is 0 Å². The number of aromatic nitrogens is 2.